The molecule has 0 spiro atoms. The average molecular weight is 375 g/mol. The first-order chi connectivity index (χ1) is 12.5. The highest BCUT2D eigenvalue weighted by atomic mass is 32.2. The summed E-state index contributed by atoms with van der Waals surface area (Å²) in [5.74, 6) is 1.72. The Balaban J connectivity index is 1.55. The highest BCUT2D eigenvalue weighted by Crippen LogP contribution is 2.33. The Bertz CT molecular complexity index is 911. The maximum absolute atomic E-state index is 12.6. The third-order valence-corrected chi connectivity index (χ3v) is 7.88. The monoisotopic (exact) mass is 375 g/mol. The Kier molecular flexibility index (Phi) is 4.52. The van der Waals surface area contributed by atoms with Crippen molar-refractivity contribution in [3.05, 3.63) is 30.3 Å². The standard InChI is InChI=1S/C19H25N3O3S/c1-21(26(23,24)17-7-8-17)15-4-3-11-22(13-15)19-10-5-14-12-16(25-2)6-9-18(14)20-19/h5-6,9-10,12,15,17H,3-4,7-8,11,13H2,1-2H3. The van der Waals surface area contributed by atoms with Gasteiger partial charge in [-0.15, -0.1) is 0 Å². The fourth-order valence-electron chi connectivity index (χ4n) is 3.66. The van der Waals surface area contributed by atoms with Gasteiger partial charge in [-0.25, -0.2) is 13.4 Å². The molecule has 0 bridgehead atoms. The summed E-state index contributed by atoms with van der Waals surface area (Å²) >= 11 is 0. The third-order valence-electron chi connectivity index (χ3n) is 5.46. The van der Waals surface area contributed by atoms with Crippen LogP contribution in [0.1, 0.15) is 25.7 Å². The van der Waals surface area contributed by atoms with E-state index in [1.165, 1.54) is 0 Å². The fraction of sp³-hybridized carbons (Fsp3) is 0.526. The molecule has 2 aliphatic rings. The number of benzene rings is 1. The zero-order chi connectivity index (χ0) is 18.3. The molecule has 1 atom stereocenters. The Hall–Kier alpha value is -1.86. The number of hydrogen-bond donors (Lipinski definition) is 0. The molecule has 26 heavy (non-hydrogen) atoms. The molecule has 1 saturated heterocycles. The van der Waals surface area contributed by atoms with Crippen LogP contribution in [0.4, 0.5) is 5.82 Å². The third kappa shape index (κ3) is 3.25. The van der Waals surface area contributed by atoms with Gasteiger partial charge in [-0.05, 0) is 56.0 Å². The molecule has 0 amide bonds. The number of nitrogens with zero attached hydrogens (tertiary/aromatic N) is 3. The van der Waals surface area contributed by atoms with E-state index in [0.717, 1.165) is 54.7 Å². The van der Waals surface area contributed by atoms with Crippen molar-refractivity contribution in [2.45, 2.75) is 37.0 Å². The number of aromatic nitrogens is 1. The summed E-state index contributed by atoms with van der Waals surface area (Å²) in [6, 6.07) is 9.93. The second-order valence-electron chi connectivity index (χ2n) is 7.23. The maximum Gasteiger partial charge on any atom is 0.217 e. The predicted octanol–water partition coefficient (Wildman–Crippen LogP) is 2.64. The molecule has 4 rings (SSSR count). The number of anilines is 1. The normalized spacial score (nSPS) is 21.3. The molecular weight excluding hydrogens is 350 g/mol. The molecule has 1 aliphatic carbocycles. The van der Waals surface area contributed by atoms with Gasteiger partial charge < -0.3 is 9.64 Å². The molecule has 2 aromatic rings. The lowest BCUT2D eigenvalue weighted by Gasteiger charge is -2.37. The molecule has 0 N–H and O–H groups in total. The first-order valence-corrected chi connectivity index (χ1v) is 10.7. The average Bonchev–Trinajstić information content (AvgIpc) is 3.52. The van der Waals surface area contributed by atoms with Crippen LogP contribution in [-0.2, 0) is 10.0 Å². The minimum absolute atomic E-state index is 0.0164. The van der Waals surface area contributed by atoms with E-state index in [-0.39, 0.29) is 11.3 Å². The Labute approximate surface area is 154 Å². The van der Waals surface area contributed by atoms with Crippen molar-refractivity contribution >= 4 is 26.7 Å². The summed E-state index contributed by atoms with van der Waals surface area (Å²) < 4.78 is 32.0. The van der Waals surface area contributed by atoms with E-state index in [9.17, 15) is 8.42 Å². The van der Waals surface area contributed by atoms with Crippen LogP contribution in [0.3, 0.4) is 0 Å². The molecule has 1 saturated carbocycles. The molecule has 1 aromatic carbocycles. The molecule has 140 valence electrons. The van der Waals surface area contributed by atoms with Gasteiger partial charge in [-0.1, -0.05) is 0 Å². The number of sulfonamides is 1. The van der Waals surface area contributed by atoms with Crippen molar-refractivity contribution < 1.29 is 13.2 Å². The highest BCUT2D eigenvalue weighted by molar-refractivity contribution is 7.90. The predicted molar refractivity (Wildman–Crippen MR) is 103 cm³/mol. The number of piperidine rings is 1. The van der Waals surface area contributed by atoms with Crippen LogP contribution >= 0.6 is 0 Å². The van der Waals surface area contributed by atoms with Gasteiger partial charge in [-0.3, -0.25) is 0 Å². The van der Waals surface area contributed by atoms with Crippen molar-refractivity contribution in [1.29, 1.82) is 0 Å². The number of rotatable bonds is 5. The molecule has 2 fully saturated rings. The Morgan fingerprint density at radius 3 is 2.73 bits per heavy atom. The zero-order valence-electron chi connectivity index (χ0n) is 15.3. The summed E-state index contributed by atoms with van der Waals surface area (Å²) in [6.07, 6.45) is 3.48. The summed E-state index contributed by atoms with van der Waals surface area (Å²) in [5, 5.41) is 0.881. The van der Waals surface area contributed by atoms with Crippen LogP contribution in [-0.4, -0.2) is 56.2 Å². The number of ether oxygens (including phenoxy) is 1. The van der Waals surface area contributed by atoms with Gasteiger partial charge in [0.25, 0.3) is 0 Å². The van der Waals surface area contributed by atoms with E-state index in [2.05, 4.69) is 11.0 Å². The SMILES string of the molecule is COc1ccc2nc(N3CCCC(N(C)S(=O)(=O)C4CC4)C3)ccc2c1. The van der Waals surface area contributed by atoms with Crippen LogP contribution in [0.15, 0.2) is 30.3 Å². The van der Waals surface area contributed by atoms with Gasteiger partial charge in [0.15, 0.2) is 0 Å². The summed E-state index contributed by atoms with van der Waals surface area (Å²) in [5.41, 5.74) is 0.921. The van der Waals surface area contributed by atoms with E-state index in [4.69, 9.17) is 9.72 Å². The van der Waals surface area contributed by atoms with Crippen LogP contribution in [0, 0.1) is 0 Å². The van der Waals surface area contributed by atoms with E-state index in [0.29, 0.717) is 6.54 Å². The summed E-state index contributed by atoms with van der Waals surface area (Å²) in [4.78, 5) is 6.99. The second kappa shape index (κ2) is 6.70. The molecule has 1 aliphatic heterocycles. The van der Waals surface area contributed by atoms with Gasteiger partial charge in [-0.2, -0.15) is 4.31 Å². The summed E-state index contributed by atoms with van der Waals surface area (Å²) in [7, 11) is 0.253. The smallest absolute Gasteiger partial charge is 0.217 e. The van der Waals surface area contributed by atoms with E-state index in [1.807, 2.05) is 24.3 Å². The van der Waals surface area contributed by atoms with Gasteiger partial charge >= 0.3 is 0 Å². The summed E-state index contributed by atoms with van der Waals surface area (Å²) in [6.45, 7) is 1.60. The molecule has 0 radical (unpaired) electrons. The van der Waals surface area contributed by atoms with Gasteiger partial charge in [0.1, 0.15) is 11.6 Å². The number of hydrogen-bond acceptors (Lipinski definition) is 5. The van der Waals surface area contributed by atoms with Crippen LogP contribution < -0.4 is 9.64 Å². The van der Waals surface area contributed by atoms with E-state index in [1.54, 1.807) is 18.5 Å². The van der Waals surface area contributed by atoms with Crippen molar-refractivity contribution in [2.75, 3.05) is 32.1 Å². The van der Waals surface area contributed by atoms with Crippen molar-refractivity contribution in [3.63, 3.8) is 0 Å². The van der Waals surface area contributed by atoms with E-state index < -0.39 is 10.0 Å². The number of likely N-dealkylation sites (N-methyl/N-ethyl adjacent to an activating group) is 1. The van der Waals surface area contributed by atoms with Crippen molar-refractivity contribution in [2.24, 2.45) is 0 Å². The van der Waals surface area contributed by atoms with Crippen LogP contribution in [0.2, 0.25) is 0 Å². The first-order valence-electron chi connectivity index (χ1n) is 9.15. The molecule has 6 nitrogen and oxygen atoms in total. The van der Waals surface area contributed by atoms with Crippen molar-refractivity contribution in [1.82, 2.24) is 9.29 Å². The maximum atomic E-state index is 12.6. The number of fused-ring (bicyclic) bond motifs is 1. The lowest BCUT2D eigenvalue weighted by molar-refractivity contribution is 0.319. The minimum Gasteiger partial charge on any atom is -0.497 e. The molecule has 2 heterocycles. The molecule has 1 aromatic heterocycles. The molecular formula is C19H25N3O3S. The minimum atomic E-state index is -3.14. The van der Waals surface area contributed by atoms with Crippen molar-refractivity contribution in [3.8, 4) is 5.75 Å². The lowest BCUT2D eigenvalue weighted by atomic mass is 10.1. The highest BCUT2D eigenvalue weighted by Gasteiger charge is 2.41. The van der Waals surface area contributed by atoms with Gasteiger partial charge in [0, 0.05) is 31.6 Å². The Morgan fingerprint density at radius 1 is 1.19 bits per heavy atom. The number of pyridine rings is 1. The van der Waals surface area contributed by atoms with Gasteiger partial charge in [0.2, 0.25) is 10.0 Å². The fourth-order valence-corrected chi connectivity index (χ4v) is 5.45. The molecule has 1 unspecified atom stereocenters. The van der Waals surface area contributed by atoms with E-state index >= 15 is 0 Å². The quantitative estimate of drug-likeness (QED) is 0.804. The second-order valence-corrected chi connectivity index (χ2v) is 9.50. The van der Waals surface area contributed by atoms with Crippen LogP contribution in [0.5, 0.6) is 5.75 Å². The topological polar surface area (TPSA) is 62.7 Å². The Morgan fingerprint density at radius 2 is 2.00 bits per heavy atom. The van der Waals surface area contributed by atoms with Gasteiger partial charge in [0.05, 0.1) is 17.9 Å². The lowest BCUT2D eigenvalue weighted by Crippen LogP contribution is -2.49. The van der Waals surface area contributed by atoms with Crippen LogP contribution in [0.25, 0.3) is 10.9 Å². The largest absolute Gasteiger partial charge is 0.497 e. The first kappa shape index (κ1) is 17.5. The number of methoxy groups -OCH3 is 1. The molecule has 7 heteroatoms. The zero-order valence-corrected chi connectivity index (χ0v) is 16.1.